The molecule has 0 aromatic heterocycles. The van der Waals surface area contributed by atoms with E-state index in [1.54, 1.807) is 0 Å². The van der Waals surface area contributed by atoms with E-state index in [0.29, 0.717) is 0 Å². The van der Waals surface area contributed by atoms with E-state index in [1.165, 1.54) is 0 Å². The van der Waals surface area contributed by atoms with E-state index in [2.05, 4.69) is 0 Å². The molecular weight excluding hydrogens is 207 g/mol. The molecule has 11 heavy (non-hydrogen) atoms. The Morgan fingerprint density at radius 3 is 1.73 bits per heavy atom. The summed E-state index contributed by atoms with van der Waals surface area (Å²) in [5, 5.41) is 0. The van der Waals surface area contributed by atoms with Crippen molar-refractivity contribution < 1.29 is 72.7 Å². The first kappa shape index (κ1) is 14.9. The number of hydrogen-bond acceptors (Lipinski definition) is 2. The molecule has 0 aromatic carbocycles. The second-order valence-corrected chi connectivity index (χ2v) is 4.39. The standard InChI is InChI=1S/C3H7BF3O2S.K/c1-10(8,9)3-2-4(5,6)7;/h2-3H2,1H3;/q-1;+1. The number of sulfone groups is 1. The van der Waals surface area contributed by atoms with Gasteiger partial charge in [0.05, 0.1) is 0 Å². The first-order valence-electron chi connectivity index (χ1n) is 2.59. The van der Waals surface area contributed by atoms with Crippen molar-refractivity contribution in [1.82, 2.24) is 0 Å². The predicted molar refractivity (Wildman–Crippen MR) is 33.6 cm³/mol. The third-order valence-corrected chi connectivity index (χ3v) is 1.79. The average Bonchev–Trinajstić information content (AvgIpc) is 1.57. The molecule has 0 atom stereocenters. The van der Waals surface area contributed by atoms with Gasteiger partial charge in [-0.3, -0.25) is 0 Å². The summed E-state index contributed by atoms with van der Waals surface area (Å²) < 4.78 is 54.5. The summed E-state index contributed by atoms with van der Waals surface area (Å²) >= 11 is 0. The Hall–Kier alpha value is 1.44. The van der Waals surface area contributed by atoms with E-state index in [4.69, 9.17) is 0 Å². The zero-order chi connectivity index (χ0) is 8.41. The van der Waals surface area contributed by atoms with Crippen LogP contribution in [0.2, 0.25) is 6.32 Å². The van der Waals surface area contributed by atoms with E-state index in [0.717, 1.165) is 6.26 Å². The third-order valence-electron chi connectivity index (χ3n) is 0.816. The Labute approximate surface area is 106 Å². The van der Waals surface area contributed by atoms with Gasteiger partial charge in [0.1, 0.15) is 9.84 Å². The van der Waals surface area contributed by atoms with Gasteiger partial charge in [-0.1, -0.05) is 6.32 Å². The van der Waals surface area contributed by atoms with Gasteiger partial charge in [-0.05, 0) is 0 Å². The number of rotatable bonds is 3. The molecule has 0 aromatic rings. The molecule has 0 unspecified atom stereocenters. The number of hydrogen-bond donors (Lipinski definition) is 0. The van der Waals surface area contributed by atoms with Crippen LogP contribution in [0.5, 0.6) is 0 Å². The molecule has 0 bridgehead atoms. The average molecular weight is 214 g/mol. The van der Waals surface area contributed by atoms with Gasteiger partial charge < -0.3 is 12.9 Å². The van der Waals surface area contributed by atoms with Gasteiger partial charge >= 0.3 is 58.4 Å². The predicted octanol–water partition coefficient (Wildman–Crippen LogP) is -2.12. The van der Waals surface area contributed by atoms with Crippen LogP contribution in [0, 0.1) is 0 Å². The maximum absolute atomic E-state index is 11.4. The third kappa shape index (κ3) is 14.3. The van der Waals surface area contributed by atoms with Crippen LogP contribution in [0.25, 0.3) is 0 Å². The van der Waals surface area contributed by atoms with Crippen molar-refractivity contribution in [3.8, 4) is 0 Å². The Balaban J connectivity index is 0. The smallest absolute Gasteiger partial charge is 0.449 e. The fourth-order valence-corrected chi connectivity index (χ4v) is 1.04. The topological polar surface area (TPSA) is 34.1 Å². The van der Waals surface area contributed by atoms with Crippen LogP contribution >= 0.6 is 0 Å². The van der Waals surface area contributed by atoms with Gasteiger partial charge in [0.2, 0.25) is 0 Å². The van der Waals surface area contributed by atoms with Crippen LogP contribution in [0.15, 0.2) is 0 Å². The van der Waals surface area contributed by atoms with Gasteiger partial charge in [0.15, 0.2) is 0 Å². The van der Waals surface area contributed by atoms with Crippen LogP contribution in [0.4, 0.5) is 12.9 Å². The molecule has 0 aliphatic carbocycles. The van der Waals surface area contributed by atoms with Gasteiger partial charge in [-0.15, -0.1) is 0 Å². The van der Waals surface area contributed by atoms with E-state index >= 15 is 0 Å². The van der Waals surface area contributed by atoms with E-state index in [9.17, 15) is 21.4 Å². The molecule has 62 valence electrons. The zero-order valence-electron chi connectivity index (χ0n) is 6.35. The molecule has 8 heteroatoms. The second-order valence-electron chi connectivity index (χ2n) is 2.13. The molecule has 0 heterocycles. The van der Waals surface area contributed by atoms with Crippen LogP contribution in [0.3, 0.4) is 0 Å². The molecule has 0 radical (unpaired) electrons. The van der Waals surface area contributed by atoms with Crippen molar-refractivity contribution in [2.45, 2.75) is 6.32 Å². The van der Waals surface area contributed by atoms with E-state index in [1.807, 2.05) is 0 Å². The van der Waals surface area contributed by atoms with E-state index in [-0.39, 0.29) is 51.4 Å². The van der Waals surface area contributed by atoms with Gasteiger partial charge in [-0.2, -0.15) is 0 Å². The molecule has 0 saturated heterocycles. The molecule has 0 aliphatic rings. The summed E-state index contributed by atoms with van der Waals surface area (Å²) in [5.74, 6) is -0.795. The van der Waals surface area contributed by atoms with Gasteiger partial charge in [0.25, 0.3) is 0 Å². The largest absolute Gasteiger partial charge is 1.00 e. The minimum atomic E-state index is -4.95. The summed E-state index contributed by atoms with van der Waals surface area (Å²) in [6.45, 7) is -4.95. The normalized spacial score (nSPS) is 12.4. The van der Waals surface area contributed by atoms with Crippen molar-refractivity contribution in [3.05, 3.63) is 0 Å². The second kappa shape index (κ2) is 5.23. The van der Waals surface area contributed by atoms with Crippen molar-refractivity contribution >= 4 is 16.8 Å². The first-order chi connectivity index (χ1) is 4.21. The molecule has 0 N–H and O–H groups in total. The van der Waals surface area contributed by atoms with Crippen LogP contribution < -0.4 is 51.4 Å². The molecule has 0 spiro atoms. The van der Waals surface area contributed by atoms with E-state index < -0.39 is 28.9 Å². The van der Waals surface area contributed by atoms with Crippen LogP contribution in [-0.4, -0.2) is 27.4 Å². The fraction of sp³-hybridized carbons (Fsp3) is 1.00. The summed E-state index contributed by atoms with van der Waals surface area (Å²) in [7, 11) is -3.46. The Morgan fingerprint density at radius 1 is 1.27 bits per heavy atom. The molecule has 0 amide bonds. The van der Waals surface area contributed by atoms with Crippen molar-refractivity contribution in [1.29, 1.82) is 0 Å². The molecule has 0 aliphatic heterocycles. The molecule has 0 saturated carbocycles. The molecule has 0 rings (SSSR count). The van der Waals surface area contributed by atoms with Gasteiger partial charge in [-0.25, -0.2) is 8.42 Å². The zero-order valence-corrected chi connectivity index (χ0v) is 10.3. The summed E-state index contributed by atoms with van der Waals surface area (Å²) in [6.07, 6.45) is -0.409. The van der Waals surface area contributed by atoms with Crippen molar-refractivity contribution in [2.24, 2.45) is 0 Å². The SMILES string of the molecule is CS(=O)(=O)CC[B-](F)(F)F.[K+]. The number of halogens is 3. The Bertz CT molecular complexity index is 199. The molecular formula is C3H7BF3KO2S. The monoisotopic (exact) mass is 214 g/mol. The van der Waals surface area contributed by atoms with Crippen molar-refractivity contribution in [2.75, 3.05) is 12.0 Å². The first-order valence-corrected chi connectivity index (χ1v) is 4.65. The Kier molecular flexibility index (Phi) is 7.10. The minimum Gasteiger partial charge on any atom is -0.449 e. The van der Waals surface area contributed by atoms with Gasteiger partial charge in [0, 0.05) is 12.0 Å². The fourth-order valence-electron chi connectivity index (χ4n) is 0.348. The Morgan fingerprint density at radius 2 is 1.64 bits per heavy atom. The molecule has 2 nitrogen and oxygen atoms in total. The summed E-state index contributed by atoms with van der Waals surface area (Å²) in [6, 6.07) is 0. The quantitative estimate of drug-likeness (QED) is 0.503. The van der Waals surface area contributed by atoms with Crippen molar-refractivity contribution in [3.63, 3.8) is 0 Å². The minimum absolute atomic E-state index is 0. The molecule has 0 fully saturated rings. The summed E-state index contributed by atoms with van der Waals surface area (Å²) in [5.41, 5.74) is 0. The maximum atomic E-state index is 11.4. The maximum Gasteiger partial charge on any atom is 1.00 e. The summed E-state index contributed by atoms with van der Waals surface area (Å²) in [4.78, 5) is 0. The van der Waals surface area contributed by atoms with Crippen LogP contribution in [-0.2, 0) is 9.84 Å². The van der Waals surface area contributed by atoms with Crippen LogP contribution in [0.1, 0.15) is 0 Å².